The van der Waals surface area contributed by atoms with Crippen molar-refractivity contribution in [2.24, 2.45) is 0 Å². The minimum atomic E-state index is -0.562. The average molecular weight is 399 g/mol. The summed E-state index contributed by atoms with van der Waals surface area (Å²) >= 11 is 0. The summed E-state index contributed by atoms with van der Waals surface area (Å²) in [5.41, 5.74) is 1.65. The van der Waals surface area contributed by atoms with Crippen molar-refractivity contribution in [3.63, 3.8) is 0 Å². The largest absolute Gasteiger partial charge is 0.323 e. The van der Waals surface area contributed by atoms with Gasteiger partial charge >= 0.3 is 6.03 Å². The summed E-state index contributed by atoms with van der Waals surface area (Å²) in [7, 11) is 0. The number of hydrogen-bond donors (Lipinski definition) is 3. The van der Waals surface area contributed by atoms with Crippen LogP contribution in [0.4, 0.5) is 21.9 Å². The van der Waals surface area contributed by atoms with E-state index in [0.29, 0.717) is 22.7 Å². The minimum absolute atomic E-state index is 0.0665. The van der Waals surface area contributed by atoms with Gasteiger partial charge in [0.1, 0.15) is 11.2 Å². The van der Waals surface area contributed by atoms with E-state index in [0.717, 1.165) is 0 Å². The van der Waals surface area contributed by atoms with E-state index >= 15 is 0 Å². The molecule has 0 aliphatic heterocycles. The van der Waals surface area contributed by atoms with Gasteiger partial charge < -0.3 is 16.0 Å². The molecule has 8 heteroatoms. The van der Waals surface area contributed by atoms with E-state index in [1.54, 1.807) is 60.8 Å². The zero-order valence-electron chi connectivity index (χ0n) is 15.7. The first-order valence-corrected chi connectivity index (χ1v) is 9.11. The zero-order chi connectivity index (χ0) is 20.9. The van der Waals surface area contributed by atoms with Crippen molar-refractivity contribution >= 4 is 34.6 Å². The topological polar surface area (TPSA) is 105 Å². The van der Waals surface area contributed by atoms with E-state index in [9.17, 15) is 14.4 Å². The van der Waals surface area contributed by atoms with Crippen LogP contribution in [-0.4, -0.2) is 21.3 Å². The highest BCUT2D eigenvalue weighted by molar-refractivity contribution is 6.04. The third-order valence-corrected chi connectivity index (χ3v) is 4.29. The number of urea groups is 1. The Hall–Kier alpha value is -4.46. The molecule has 3 N–H and O–H groups in total. The monoisotopic (exact) mass is 399 g/mol. The summed E-state index contributed by atoms with van der Waals surface area (Å²) in [5.74, 6) is -0.562. The number of hydrogen-bond acceptors (Lipinski definition) is 4. The number of pyridine rings is 1. The van der Waals surface area contributed by atoms with Gasteiger partial charge in [-0.1, -0.05) is 24.3 Å². The average Bonchev–Trinajstić information content (AvgIpc) is 2.76. The van der Waals surface area contributed by atoms with E-state index in [4.69, 9.17) is 0 Å². The van der Waals surface area contributed by atoms with Gasteiger partial charge in [-0.25, -0.2) is 9.78 Å². The minimum Gasteiger partial charge on any atom is -0.322 e. The lowest BCUT2D eigenvalue weighted by Gasteiger charge is -2.09. The Morgan fingerprint density at radius 1 is 0.733 bits per heavy atom. The molecule has 0 bridgehead atoms. The molecular formula is C22H17N5O3. The number of rotatable bonds is 4. The molecule has 0 spiro atoms. The molecule has 3 amide bonds. The summed E-state index contributed by atoms with van der Waals surface area (Å²) in [4.78, 5) is 41.2. The van der Waals surface area contributed by atoms with E-state index in [2.05, 4.69) is 20.9 Å². The lowest BCUT2D eigenvalue weighted by Crippen LogP contribution is -2.26. The number of carbonyl (C=O) groups is 2. The van der Waals surface area contributed by atoms with E-state index in [1.807, 2.05) is 18.2 Å². The second-order valence-electron chi connectivity index (χ2n) is 6.38. The third kappa shape index (κ3) is 4.17. The van der Waals surface area contributed by atoms with Crippen LogP contribution >= 0.6 is 0 Å². The van der Waals surface area contributed by atoms with Crippen LogP contribution in [0.2, 0.25) is 0 Å². The SMILES string of the molecule is O=C(Nc1ccccc1)Nc1ccc(NC(=O)c2cnc3ccccn3c2=O)cc1. The third-order valence-electron chi connectivity index (χ3n) is 4.29. The molecule has 2 aromatic carbocycles. The van der Waals surface area contributed by atoms with Crippen LogP contribution in [0.5, 0.6) is 0 Å². The number of carbonyl (C=O) groups excluding carboxylic acids is 2. The number of para-hydroxylation sites is 1. The van der Waals surface area contributed by atoms with Gasteiger partial charge in [0.2, 0.25) is 0 Å². The smallest absolute Gasteiger partial charge is 0.322 e. The number of fused-ring (bicyclic) bond motifs is 1. The highest BCUT2D eigenvalue weighted by Crippen LogP contribution is 2.15. The van der Waals surface area contributed by atoms with E-state index < -0.39 is 11.5 Å². The summed E-state index contributed by atoms with van der Waals surface area (Å²) in [6.45, 7) is 0. The predicted octanol–water partition coefficient (Wildman–Crippen LogP) is 3.59. The number of anilines is 3. The predicted molar refractivity (Wildman–Crippen MR) is 115 cm³/mol. The van der Waals surface area contributed by atoms with Crippen LogP contribution < -0.4 is 21.5 Å². The molecule has 30 heavy (non-hydrogen) atoms. The molecule has 4 aromatic rings. The molecule has 2 heterocycles. The molecule has 4 rings (SSSR count). The molecule has 0 aliphatic rings. The molecule has 0 unspecified atom stereocenters. The van der Waals surface area contributed by atoms with Crippen molar-refractivity contribution in [3.8, 4) is 0 Å². The Balaban J connectivity index is 1.42. The van der Waals surface area contributed by atoms with Gasteiger partial charge in [-0.05, 0) is 48.5 Å². The number of aromatic nitrogens is 2. The highest BCUT2D eigenvalue weighted by Gasteiger charge is 2.13. The highest BCUT2D eigenvalue weighted by atomic mass is 16.2. The molecule has 0 atom stereocenters. The molecule has 0 saturated heterocycles. The Kier molecular flexibility index (Phi) is 5.21. The van der Waals surface area contributed by atoms with E-state index in [1.165, 1.54) is 10.6 Å². The molecule has 148 valence electrons. The standard InChI is InChI=1S/C22H17N5O3/c28-20(18-14-23-19-8-4-5-13-27(19)21(18)29)24-16-9-11-17(12-10-16)26-22(30)25-15-6-2-1-3-7-15/h1-14H,(H,24,28)(H2,25,26,30). The van der Waals surface area contributed by atoms with Crippen LogP contribution in [0.15, 0.2) is 90.0 Å². The summed E-state index contributed by atoms with van der Waals surface area (Å²) in [6.07, 6.45) is 2.82. The molecule has 0 saturated carbocycles. The first-order valence-electron chi connectivity index (χ1n) is 9.11. The Labute approximate surface area is 171 Å². The van der Waals surface area contributed by atoms with Crippen LogP contribution in [0.3, 0.4) is 0 Å². The Morgan fingerprint density at radius 2 is 1.33 bits per heavy atom. The molecule has 2 aromatic heterocycles. The van der Waals surface area contributed by atoms with Crippen molar-refractivity contribution in [1.82, 2.24) is 9.38 Å². The second-order valence-corrected chi connectivity index (χ2v) is 6.38. The van der Waals surface area contributed by atoms with Gasteiger partial charge in [0.15, 0.2) is 0 Å². The van der Waals surface area contributed by atoms with Crippen LogP contribution in [0.25, 0.3) is 5.65 Å². The van der Waals surface area contributed by atoms with Crippen LogP contribution in [0.1, 0.15) is 10.4 Å². The zero-order valence-corrected chi connectivity index (χ0v) is 15.7. The van der Waals surface area contributed by atoms with Gasteiger partial charge in [0.05, 0.1) is 0 Å². The normalized spacial score (nSPS) is 10.4. The van der Waals surface area contributed by atoms with Gasteiger partial charge in [-0.2, -0.15) is 0 Å². The van der Waals surface area contributed by atoms with Crippen molar-refractivity contribution < 1.29 is 9.59 Å². The Morgan fingerprint density at radius 3 is 2.03 bits per heavy atom. The summed E-state index contributed by atoms with van der Waals surface area (Å²) in [6, 6.07) is 20.4. The van der Waals surface area contributed by atoms with Crippen molar-refractivity contribution in [3.05, 3.63) is 101 Å². The summed E-state index contributed by atoms with van der Waals surface area (Å²) < 4.78 is 1.31. The van der Waals surface area contributed by atoms with Gasteiger partial charge in [0, 0.05) is 29.5 Å². The number of benzene rings is 2. The second kappa shape index (κ2) is 8.27. The first kappa shape index (κ1) is 18.9. The number of nitrogens with one attached hydrogen (secondary N) is 3. The molecule has 8 nitrogen and oxygen atoms in total. The maximum absolute atomic E-state index is 12.5. The maximum Gasteiger partial charge on any atom is 0.323 e. The van der Waals surface area contributed by atoms with Crippen molar-refractivity contribution in [2.45, 2.75) is 0 Å². The number of amides is 3. The summed E-state index contributed by atoms with van der Waals surface area (Å²) in [5, 5.41) is 8.09. The Bertz CT molecular complexity index is 1270. The molecule has 0 fully saturated rings. The van der Waals surface area contributed by atoms with Gasteiger partial charge in [-0.3, -0.25) is 14.0 Å². The van der Waals surface area contributed by atoms with Crippen molar-refractivity contribution in [2.75, 3.05) is 16.0 Å². The quantitative estimate of drug-likeness (QED) is 0.488. The van der Waals surface area contributed by atoms with Gasteiger partial charge in [-0.15, -0.1) is 0 Å². The molecular weight excluding hydrogens is 382 g/mol. The molecule has 0 radical (unpaired) electrons. The number of nitrogens with zero attached hydrogens (tertiary/aromatic N) is 2. The molecule has 0 aliphatic carbocycles. The maximum atomic E-state index is 12.5. The van der Waals surface area contributed by atoms with Crippen LogP contribution in [0, 0.1) is 0 Å². The fraction of sp³-hybridized carbons (Fsp3) is 0. The first-order chi connectivity index (χ1) is 14.6. The van der Waals surface area contributed by atoms with Gasteiger partial charge in [0.25, 0.3) is 11.5 Å². The lowest BCUT2D eigenvalue weighted by molar-refractivity contribution is 0.102. The van der Waals surface area contributed by atoms with E-state index in [-0.39, 0.29) is 11.6 Å². The van der Waals surface area contributed by atoms with Crippen molar-refractivity contribution in [1.29, 1.82) is 0 Å². The van der Waals surface area contributed by atoms with Crippen LogP contribution in [-0.2, 0) is 0 Å². The fourth-order valence-corrected chi connectivity index (χ4v) is 2.83. The fourth-order valence-electron chi connectivity index (χ4n) is 2.83. The lowest BCUT2D eigenvalue weighted by atomic mass is 10.2.